The second kappa shape index (κ2) is 17.0. The van der Waals surface area contributed by atoms with Crippen LogP contribution in [0.15, 0.2) is 54.6 Å². The van der Waals surface area contributed by atoms with Gasteiger partial charge in [-0.05, 0) is 61.4 Å². The summed E-state index contributed by atoms with van der Waals surface area (Å²) in [6.07, 6.45) is 0.958. The fourth-order valence-corrected chi connectivity index (χ4v) is 5.84. The van der Waals surface area contributed by atoms with Gasteiger partial charge in [0.05, 0.1) is 12.6 Å². The van der Waals surface area contributed by atoms with Crippen LogP contribution < -0.4 is 21.3 Å². The first-order valence-electron chi connectivity index (χ1n) is 16.9. The molecular formula is C36H49ClN6O6. The normalized spacial score (nSPS) is 19.1. The summed E-state index contributed by atoms with van der Waals surface area (Å²) in [7, 11) is 0. The number of epoxide rings is 1. The summed E-state index contributed by atoms with van der Waals surface area (Å²) in [5.41, 5.74) is 0.531. The van der Waals surface area contributed by atoms with Crippen molar-refractivity contribution in [3.63, 3.8) is 0 Å². The Bertz CT molecular complexity index is 1460. The topological polar surface area (TPSA) is 152 Å². The minimum atomic E-state index is -1.00. The molecule has 0 aromatic heterocycles. The van der Waals surface area contributed by atoms with Gasteiger partial charge in [-0.3, -0.25) is 14.4 Å². The van der Waals surface area contributed by atoms with Crippen LogP contribution in [0, 0.1) is 11.8 Å². The number of anilines is 1. The number of urea groups is 2. The Labute approximate surface area is 293 Å². The molecule has 4 atom stereocenters. The zero-order valence-corrected chi connectivity index (χ0v) is 29.7. The van der Waals surface area contributed by atoms with Crippen molar-refractivity contribution < 1.29 is 28.7 Å². The predicted octanol–water partition coefficient (Wildman–Crippen LogP) is 4.23. The highest BCUT2D eigenvalue weighted by molar-refractivity contribution is 6.30. The molecule has 4 rings (SSSR count). The summed E-state index contributed by atoms with van der Waals surface area (Å²) < 4.78 is 5.38. The van der Waals surface area contributed by atoms with E-state index in [9.17, 15) is 24.0 Å². The van der Waals surface area contributed by atoms with Gasteiger partial charge in [0.15, 0.2) is 5.78 Å². The minimum absolute atomic E-state index is 0.0539. The summed E-state index contributed by atoms with van der Waals surface area (Å²) in [5.74, 6) is -0.986. The first-order valence-corrected chi connectivity index (χ1v) is 17.3. The van der Waals surface area contributed by atoms with Crippen molar-refractivity contribution in [2.24, 2.45) is 11.8 Å². The summed E-state index contributed by atoms with van der Waals surface area (Å²) in [4.78, 5) is 70.2. The number of hydrogen-bond acceptors (Lipinski definition) is 6. The van der Waals surface area contributed by atoms with Crippen LogP contribution >= 0.6 is 11.6 Å². The van der Waals surface area contributed by atoms with E-state index in [0.29, 0.717) is 43.2 Å². The Kier molecular flexibility index (Phi) is 13.0. The summed E-state index contributed by atoms with van der Waals surface area (Å²) in [5, 5.41) is 12.1. The van der Waals surface area contributed by atoms with Crippen LogP contribution in [-0.2, 0) is 25.5 Å². The molecule has 0 spiro atoms. The zero-order chi connectivity index (χ0) is 35.7. The van der Waals surface area contributed by atoms with Crippen molar-refractivity contribution in [1.29, 1.82) is 0 Å². The minimum Gasteiger partial charge on any atom is -0.361 e. The lowest BCUT2D eigenvalue weighted by Gasteiger charge is -2.35. The van der Waals surface area contributed by atoms with Crippen LogP contribution in [0.4, 0.5) is 15.3 Å². The highest BCUT2D eigenvalue weighted by atomic mass is 35.5. The van der Waals surface area contributed by atoms with E-state index < -0.39 is 41.6 Å². The van der Waals surface area contributed by atoms with Crippen LogP contribution in [-0.4, -0.2) is 96.0 Å². The molecule has 2 heterocycles. The SMILES string of the molecule is CC(C)CC(NC(=O)N1CCN(C(=O)Nc2ccc(Cl)cc2)CC1)C(=O)NC(Cc1ccccc1)C(=O)NC(CC(C)C)C(=O)C1(C)CO1. The smallest absolute Gasteiger partial charge is 0.321 e. The van der Waals surface area contributed by atoms with Gasteiger partial charge in [0.25, 0.3) is 0 Å². The number of ether oxygens (including phenoxy) is 1. The number of carbonyl (C=O) groups is 5. The summed E-state index contributed by atoms with van der Waals surface area (Å²) >= 11 is 5.93. The number of piperazine rings is 1. The monoisotopic (exact) mass is 696 g/mol. The predicted molar refractivity (Wildman–Crippen MR) is 188 cm³/mol. The molecule has 6 amide bonds. The first-order chi connectivity index (χ1) is 23.2. The Balaban J connectivity index is 1.40. The number of nitrogens with one attached hydrogen (secondary N) is 4. The number of halogens is 1. The zero-order valence-electron chi connectivity index (χ0n) is 29.0. The molecule has 0 aliphatic carbocycles. The number of amides is 6. The second-order valence-electron chi connectivity index (χ2n) is 13.9. The summed E-state index contributed by atoms with van der Waals surface area (Å²) in [6, 6.07) is 12.7. The van der Waals surface area contributed by atoms with Crippen molar-refractivity contribution in [3.05, 3.63) is 65.2 Å². The number of benzene rings is 2. The molecule has 0 bridgehead atoms. The summed E-state index contributed by atoms with van der Waals surface area (Å²) in [6.45, 7) is 11.0. The molecule has 0 saturated carbocycles. The van der Waals surface area contributed by atoms with Crippen LogP contribution in [0.1, 0.15) is 53.0 Å². The van der Waals surface area contributed by atoms with Gasteiger partial charge >= 0.3 is 12.1 Å². The highest BCUT2D eigenvalue weighted by Gasteiger charge is 2.50. The molecule has 2 aromatic rings. The van der Waals surface area contributed by atoms with Crippen molar-refractivity contribution in [2.75, 3.05) is 38.1 Å². The molecule has 2 aliphatic heterocycles. The molecule has 49 heavy (non-hydrogen) atoms. The van der Waals surface area contributed by atoms with E-state index in [-0.39, 0.29) is 43.2 Å². The molecule has 2 aliphatic rings. The Hall–Kier alpha value is -4.16. The van der Waals surface area contributed by atoms with E-state index >= 15 is 0 Å². The van der Waals surface area contributed by atoms with E-state index in [1.165, 1.54) is 0 Å². The molecule has 12 nitrogen and oxygen atoms in total. The average Bonchev–Trinajstić information content (AvgIpc) is 3.82. The molecule has 2 saturated heterocycles. The molecule has 4 unspecified atom stereocenters. The van der Waals surface area contributed by atoms with Crippen LogP contribution in [0.3, 0.4) is 0 Å². The highest BCUT2D eigenvalue weighted by Crippen LogP contribution is 2.29. The third-order valence-corrected chi connectivity index (χ3v) is 8.88. The van der Waals surface area contributed by atoms with Gasteiger partial charge in [0.2, 0.25) is 11.8 Å². The fraction of sp³-hybridized carbons (Fsp3) is 0.528. The number of Topliss-reactive ketones (excluding diaryl/α,β-unsaturated/α-hetero) is 1. The molecule has 266 valence electrons. The van der Waals surface area contributed by atoms with E-state index in [4.69, 9.17) is 16.3 Å². The molecule has 2 aromatic carbocycles. The standard InChI is InChI=1S/C36H49ClN6O6/c1-23(2)19-28(31(44)36(5)22-49-36)39-33(46)30(21-25-9-7-6-8-10-25)40-32(45)29(20-24(3)4)41-35(48)43-17-15-42(16-18-43)34(47)38-27-13-11-26(37)12-14-27/h6-14,23-24,28-30H,15-22H2,1-5H3,(H,38,47)(H,39,46)(H,40,45)(H,41,48). The van der Waals surface area contributed by atoms with E-state index in [1.807, 2.05) is 58.0 Å². The van der Waals surface area contributed by atoms with Crippen LogP contribution in [0.2, 0.25) is 5.02 Å². The fourth-order valence-electron chi connectivity index (χ4n) is 5.72. The molecule has 2 fully saturated rings. The van der Waals surface area contributed by atoms with Gasteiger partial charge in [-0.25, -0.2) is 9.59 Å². The third kappa shape index (κ3) is 11.2. The lowest BCUT2D eigenvalue weighted by molar-refractivity contribution is -0.133. The van der Waals surface area contributed by atoms with E-state index in [2.05, 4.69) is 21.3 Å². The van der Waals surface area contributed by atoms with Crippen molar-refractivity contribution in [2.45, 2.75) is 77.6 Å². The average molecular weight is 697 g/mol. The number of ketones is 1. The van der Waals surface area contributed by atoms with E-state index in [0.717, 1.165) is 5.56 Å². The van der Waals surface area contributed by atoms with Crippen molar-refractivity contribution >= 4 is 46.9 Å². The maximum absolute atomic E-state index is 13.8. The van der Waals surface area contributed by atoms with Crippen LogP contribution in [0.5, 0.6) is 0 Å². The van der Waals surface area contributed by atoms with Crippen LogP contribution in [0.25, 0.3) is 0 Å². The third-order valence-electron chi connectivity index (χ3n) is 8.63. The number of rotatable bonds is 14. The lowest BCUT2D eigenvalue weighted by atomic mass is 9.93. The number of nitrogens with zero attached hydrogens (tertiary/aromatic N) is 2. The first kappa shape index (κ1) is 37.7. The Morgan fingerprint density at radius 1 is 0.735 bits per heavy atom. The van der Waals surface area contributed by atoms with Gasteiger partial charge < -0.3 is 35.8 Å². The van der Waals surface area contributed by atoms with Gasteiger partial charge in [0, 0.05) is 43.3 Å². The van der Waals surface area contributed by atoms with Gasteiger partial charge in [-0.1, -0.05) is 69.6 Å². The maximum Gasteiger partial charge on any atom is 0.321 e. The number of hydrogen-bond donors (Lipinski definition) is 4. The molecule has 13 heteroatoms. The maximum atomic E-state index is 13.8. The van der Waals surface area contributed by atoms with Crippen molar-refractivity contribution in [1.82, 2.24) is 25.8 Å². The lowest BCUT2D eigenvalue weighted by Crippen LogP contribution is -2.60. The second-order valence-corrected chi connectivity index (χ2v) is 14.3. The Morgan fingerprint density at radius 2 is 1.24 bits per heavy atom. The van der Waals surface area contributed by atoms with E-state index in [1.54, 1.807) is 41.0 Å². The van der Waals surface area contributed by atoms with Gasteiger partial charge in [-0.15, -0.1) is 0 Å². The van der Waals surface area contributed by atoms with Crippen molar-refractivity contribution in [3.8, 4) is 0 Å². The molecule has 4 N–H and O–H groups in total. The molecular weight excluding hydrogens is 648 g/mol. The largest absolute Gasteiger partial charge is 0.361 e. The van der Waals surface area contributed by atoms with Gasteiger partial charge in [-0.2, -0.15) is 0 Å². The van der Waals surface area contributed by atoms with Gasteiger partial charge in [0.1, 0.15) is 17.7 Å². The molecule has 0 radical (unpaired) electrons. The number of carbonyl (C=O) groups excluding carboxylic acids is 5. The quantitative estimate of drug-likeness (QED) is 0.217. The Morgan fingerprint density at radius 3 is 1.80 bits per heavy atom.